The summed E-state index contributed by atoms with van der Waals surface area (Å²) >= 11 is 1.62. The average Bonchev–Trinajstić information content (AvgIpc) is 2.35. The minimum absolute atomic E-state index is 0.315. The van der Waals surface area contributed by atoms with Gasteiger partial charge in [0.2, 0.25) is 0 Å². The summed E-state index contributed by atoms with van der Waals surface area (Å²) in [5.74, 6) is 0.786. The largest absolute Gasteiger partial charge is 0.443 e. The van der Waals surface area contributed by atoms with E-state index < -0.39 is 11.7 Å². The summed E-state index contributed by atoms with van der Waals surface area (Å²) in [5.41, 5.74) is 0.472. The summed E-state index contributed by atoms with van der Waals surface area (Å²) in [6.07, 6.45) is 1.91. The molecule has 0 fully saturated rings. The SMILES string of the molecule is CC(C)(C)OC(=O)N1CCSc2cnc(C=O)cc21. The Bertz CT molecular complexity index is 511. The quantitative estimate of drug-likeness (QED) is 0.740. The highest BCUT2D eigenvalue weighted by Crippen LogP contribution is 2.35. The second-order valence-corrected chi connectivity index (χ2v) is 6.31. The molecule has 0 radical (unpaired) electrons. The molecule has 0 aromatic carbocycles. The molecule has 1 amide bonds. The van der Waals surface area contributed by atoms with Crippen LogP contribution in [0.3, 0.4) is 0 Å². The third kappa shape index (κ3) is 3.26. The number of aromatic nitrogens is 1. The molecule has 0 spiro atoms. The lowest BCUT2D eigenvalue weighted by molar-refractivity contribution is 0.0581. The van der Waals surface area contributed by atoms with Gasteiger partial charge in [-0.2, -0.15) is 0 Å². The fourth-order valence-corrected chi connectivity index (χ4v) is 2.65. The number of amides is 1. The van der Waals surface area contributed by atoms with Crippen molar-refractivity contribution in [2.24, 2.45) is 0 Å². The Labute approximate surface area is 116 Å². The summed E-state index contributed by atoms with van der Waals surface area (Å²) < 4.78 is 5.38. The molecule has 1 aromatic rings. The van der Waals surface area contributed by atoms with E-state index >= 15 is 0 Å². The van der Waals surface area contributed by atoms with E-state index in [0.717, 1.165) is 10.6 Å². The van der Waals surface area contributed by atoms with Gasteiger partial charge in [0.1, 0.15) is 11.3 Å². The van der Waals surface area contributed by atoms with Gasteiger partial charge < -0.3 is 4.74 Å². The lowest BCUT2D eigenvalue weighted by Crippen LogP contribution is -2.39. The number of pyridine rings is 1. The number of hydrogen-bond acceptors (Lipinski definition) is 5. The first-order valence-electron chi connectivity index (χ1n) is 5.99. The third-order valence-corrected chi connectivity index (χ3v) is 3.48. The van der Waals surface area contributed by atoms with E-state index in [1.54, 1.807) is 28.9 Å². The van der Waals surface area contributed by atoms with Crippen molar-refractivity contribution in [3.05, 3.63) is 18.0 Å². The van der Waals surface area contributed by atoms with E-state index in [1.807, 2.05) is 20.8 Å². The summed E-state index contributed by atoms with van der Waals surface area (Å²) in [4.78, 5) is 29.4. The lowest BCUT2D eigenvalue weighted by Gasteiger charge is -2.31. The summed E-state index contributed by atoms with van der Waals surface area (Å²) in [6.45, 7) is 6.05. The molecule has 2 heterocycles. The Hall–Kier alpha value is -1.56. The fraction of sp³-hybridized carbons (Fsp3) is 0.462. The molecule has 0 N–H and O–H groups in total. The Balaban J connectivity index is 2.30. The zero-order valence-corrected chi connectivity index (χ0v) is 12.0. The van der Waals surface area contributed by atoms with Crippen molar-refractivity contribution in [3.8, 4) is 0 Å². The molecule has 0 saturated carbocycles. The molecule has 102 valence electrons. The van der Waals surface area contributed by atoms with Gasteiger partial charge in [0.25, 0.3) is 0 Å². The summed E-state index contributed by atoms with van der Waals surface area (Å²) in [7, 11) is 0. The number of ether oxygens (including phenoxy) is 1. The van der Waals surface area contributed by atoms with Crippen molar-refractivity contribution in [1.82, 2.24) is 4.98 Å². The Morgan fingerprint density at radius 1 is 1.53 bits per heavy atom. The maximum absolute atomic E-state index is 12.2. The van der Waals surface area contributed by atoms with Crippen molar-refractivity contribution in [2.75, 3.05) is 17.2 Å². The smallest absolute Gasteiger partial charge is 0.414 e. The van der Waals surface area contributed by atoms with Crippen molar-refractivity contribution < 1.29 is 14.3 Å². The van der Waals surface area contributed by atoms with Crippen LogP contribution in [0.25, 0.3) is 0 Å². The summed E-state index contributed by atoms with van der Waals surface area (Å²) in [6, 6.07) is 1.62. The van der Waals surface area contributed by atoms with Crippen LogP contribution >= 0.6 is 11.8 Å². The molecule has 0 aliphatic carbocycles. The first-order chi connectivity index (χ1) is 8.90. The third-order valence-electron chi connectivity index (χ3n) is 2.47. The molecule has 0 unspecified atom stereocenters. The average molecular weight is 280 g/mol. The topological polar surface area (TPSA) is 59.5 Å². The van der Waals surface area contributed by atoms with E-state index in [9.17, 15) is 9.59 Å². The molecule has 0 atom stereocenters. The van der Waals surface area contributed by atoms with Crippen LogP contribution in [0.1, 0.15) is 31.3 Å². The van der Waals surface area contributed by atoms with Gasteiger partial charge in [-0.3, -0.25) is 14.7 Å². The van der Waals surface area contributed by atoms with Crippen LogP contribution in [0.4, 0.5) is 10.5 Å². The van der Waals surface area contributed by atoms with Crippen molar-refractivity contribution in [2.45, 2.75) is 31.3 Å². The first kappa shape index (κ1) is 13.9. The summed E-state index contributed by atoms with van der Waals surface area (Å²) in [5, 5.41) is 0. The van der Waals surface area contributed by atoms with Gasteiger partial charge in [-0.05, 0) is 26.8 Å². The van der Waals surface area contributed by atoms with Gasteiger partial charge in [0.05, 0.1) is 5.69 Å². The van der Waals surface area contributed by atoms with Crippen molar-refractivity contribution in [3.63, 3.8) is 0 Å². The van der Waals surface area contributed by atoms with Crippen molar-refractivity contribution >= 4 is 29.8 Å². The molecular formula is C13H16N2O3S. The molecule has 6 heteroatoms. The number of hydrogen-bond donors (Lipinski definition) is 0. The van der Waals surface area contributed by atoms with E-state index in [4.69, 9.17) is 4.74 Å². The Kier molecular flexibility index (Phi) is 3.80. The number of aldehydes is 1. The van der Waals surface area contributed by atoms with Gasteiger partial charge in [-0.1, -0.05) is 0 Å². The number of anilines is 1. The van der Waals surface area contributed by atoms with Gasteiger partial charge in [0.15, 0.2) is 6.29 Å². The highest BCUT2D eigenvalue weighted by atomic mass is 32.2. The van der Waals surface area contributed by atoms with Crippen LogP contribution < -0.4 is 4.90 Å². The van der Waals surface area contributed by atoms with Gasteiger partial charge >= 0.3 is 6.09 Å². The highest BCUT2D eigenvalue weighted by Gasteiger charge is 2.28. The maximum Gasteiger partial charge on any atom is 0.414 e. The lowest BCUT2D eigenvalue weighted by atomic mass is 10.2. The number of carbonyl (C=O) groups excluding carboxylic acids is 2. The van der Waals surface area contributed by atoms with Crippen LogP contribution in [0.15, 0.2) is 17.2 Å². The molecule has 1 aromatic heterocycles. The molecule has 19 heavy (non-hydrogen) atoms. The first-order valence-corrected chi connectivity index (χ1v) is 6.98. The van der Waals surface area contributed by atoms with Crippen LogP contribution in [0, 0.1) is 0 Å². The molecule has 1 aliphatic heterocycles. The second-order valence-electron chi connectivity index (χ2n) is 5.18. The van der Waals surface area contributed by atoms with Gasteiger partial charge in [-0.25, -0.2) is 4.79 Å². The minimum Gasteiger partial charge on any atom is -0.443 e. The van der Waals surface area contributed by atoms with Gasteiger partial charge in [-0.15, -0.1) is 11.8 Å². The second kappa shape index (κ2) is 5.21. The zero-order chi connectivity index (χ0) is 14.0. The predicted octanol–water partition coefficient (Wildman–Crippen LogP) is 2.74. The van der Waals surface area contributed by atoms with E-state index in [0.29, 0.717) is 24.2 Å². The zero-order valence-electron chi connectivity index (χ0n) is 11.2. The molecule has 1 aliphatic rings. The van der Waals surface area contributed by atoms with E-state index in [-0.39, 0.29) is 0 Å². The number of rotatable bonds is 1. The van der Waals surface area contributed by atoms with E-state index in [2.05, 4.69) is 4.98 Å². The van der Waals surface area contributed by atoms with Gasteiger partial charge in [0, 0.05) is 23.4 Å². The molecular weight excluding hydrogens is 264 g/mol. The van der Waals surface area contributed by atoms with Crippen LogP contribution in [-0.4, -0.2) is 35.3 Å². The van der Waals surface area contributed by atoms with E-state index in [1.165, 1.54) is 0 Å². The van der Waals surface area contributed by atoms with Crippen molar-refractivity contribution in [1.29, 1.82) is 0 Å². The normalized spacial score (nSPS) is 14.8. The minimum atomic E-state index is -0.539. The fourth-order valence-electron chi connectivity index (χ4n) is 1.71. The molecule has 5 nitrogen and oxygen atoms in total. The molecule has 0 saturated heterocycles. The number of nitrogens with zero attached hydrogens (tertiary/aromatic N) is 2. The Morgan fingerprint density at radius 2 is 2.26 bits per heavy atom. The Morgan fingerprint density at radius 3 is 2.89 bits per heavy atom. The number of carbonyl (C=O) groups is 2. The standard InChI is InChI=1S/C13H16N2O3S/c1-13(2,3)18-12(17)15-4-5-19-11-7-14-9(8-16)6-10(11)15/h6-8H,4-5H2,1-3H3. The highest BCUT2D eigenvalue weighted by molar-refractivity contribution is 7.99. The van der Waals surface area contributed by atoms with Crippen LogP contribution in [-0.2, 0) is 4.74 Å². The number of thioether (sulfide) groups is 1. The monoisotopic (exact) mass is 280 g/mol. The molecule has 2 rings (SSSR count). The predicted molar refractivity (Wildman–Crippen MR) is 73.9 cm³/mol. The number of fused-ring (bicyclic) bond motifs is 1. The van der Waals surface area contributed by atoms with Crippen LogP contribution in [0.5, 0.6) is 0 Å². The molecule has 0 bridgehead atoms. The maximum atomic E-state index is 12.2. The van der Waals surface area contributed by atoms with Crippen LogP contribution in [0.2, 0.25) is 0 Å².